The Kier molecular flexibility index (Phi) is 9.10. The Bertz CT molecular complexity index is 1190. The summed E-state index contributed by atoms with van der Waals surface area (Å²) in [5, 5.41) is 3.95. The number of thiazole rings is 1. The van der Waals surface area contributed by atoms with Crippen molar-refractivity contribution in [3.63, 3.8) is 0 Å². The first-order chi connectivity index (χ1) is 17.8. The number of nitrogens with zero attached hydrogens (tertiary/aromatic N) is 4. The number of aryl methyl sites for hydroxylation is 1. The highest BCUT2D eigenvalue weighted by molar-refractivity contribution is 7.18. The van der Waals surface area contributed by atoms with Gasteiger partial charge in [-0.3, -0.25) is 9.59 Å². The Morgan fingerprint density at radius 1 is 1.16 bits per heavy atom. The number of rotatable bonds is 3. The van der Waals surface area contributed by atoms with Crippen LogP contribution < -0.4 is 11.1 Å². The van der Waals surface area contributed by atoms with E-state index in [0.717, 1.165) is 24.8 Å². The van der Waals surface area contributed by atoms with Gasteiger partial charge in [0.15, 0.2) is 0 Å². The highest BCUT2D eigenvalue weighted by atomic mass is 32.1. The molecule has 3 N–H and O–H groups in total. The lowest BCUT2D eigenvalue weighted by Crippen LogP contribution is -2.44. The number of benzene rings is 1. The van der Waals surface area contributed by atoms with Gasteiger partial charge in [-0.05, 0) is 81.9 Å². The van der Waals surface area contributed by atoms with Crippen LogP contribution in [0.5, 0.6) is 0 Å². The second-order valence-corrected chi connectivity index (χ2v) is 11.2. The number of fused-ring (bicyclic) bond motifs is 1. The molecule has 9 heteroatoms. The van der Waals surface area contributed by atoms with Crippen LogP contribution in [0.2, 0.25) is 0 Å². The van der Waals surface area contributed by atoms with E-state index in [2.05, 4.69) is 53.4 Å². The number of amides is 2. The van der Waals surface area contributed by atoms with Crippen LogP contribution in [0.1, 0.15) is 56.0 Å². The number of carbonyl (C=O) groups excluding carboxylic acids is 2. The van der Waals surface area contributed by atoms with E-state index in [9.17, 15) is 9.59 Å². The van der Waals surface area contributed by atoms with Crippen molar-refractivity contribution in [2.24, 2.45) is 5.92 Å². The Balaban J connectivity index is 0.000000179. The van der Waals surface area contributed by atoms with Gasteiger partial charge in [0.2, 0.25) is 0 Å². The van der Waals surface area contributed by atoms with Gasteiger partial charge in [-0.2, -0.15) is 0 Å². The summed E-state index contributed by atoms with van der Waals surface area (Å²) in [4.78, 5) is 37.0. The smallest absolute Gasteiger partial charge is 0.313 e. The van der Waals surface area contributed by atoms with Crippen LogP contribution >= 0.6 is 11.3 Å². The minimum absolute atomic E-state index is 0.445. The first-order valence-corrected chi connectivity index (χ1v) is 14.0. The number of likely N-dealkylation sites (tertiary alicyclic amines) is 2. The Labute approximate surface area is 223 Å². The van der Waals surface area contributed by atoms with Gasteiger partial charge < -0.3 is 20.9 Å². The number of anilines is 2. The molecular weight excluding hydrogens is 484 g/mol. The van der Waals surface area contributed by atoms with Gasteiger partial charge in [-0.25, -0.2) is 9.97 Å². The van der Waals surface area contributed by atoms with Gasteiger partial charge in [0.25, 0.3) is 0 Å². The molecule has 2 amide bonds. The van der Waals surface area contributed by atoms with E-state index in [0.29, 0.717) is 36.4 Å². The number of hydrogen-bond acceptors (Lipinski definition) is 7. The van der Waals surface area contributed by atoms with Gasteiger partial charge in [0.1, 0.15) is 5.82 Å². The zero-order valence-electron chi connectivity index (χ0n) is 22.1. The molecule has 2 aromatic heterocycles. The Morgan fingerprint density at radius 3 is 2.62 bits per heavy atom. The molecule has 1 atom stereocenters. The summed E-state index contributed by atoms with van der Waals surface area (Å²) >= 11 is 1.88. The number of piperidine rings is 2. The lowest BCUT2D eigenvalue weighted by molar-refractivity contribution is -0.144. The summed E-state index contributed by atoms with van der Waals surface area (Å²) in [7, 11) is 2.20. The van der Waals surface area contributed by atoms with Crippen LogP contribution in [0, 0.1) is 5.92 Å². The van der Waals surface area contributed by atoms with Crippen molar-refractivity contribution in [3.8, 4) is 0 Å². The molecular formula is C28H38N6O2S. The molecule has 0 radical (unpaired) electrons. The van der Waals surface area contributed by atoms with Crippen LogP contribution in [-0.4, -0.2) is 64.8 Å². The lowest BCUT2D eigenvalue weighted by atomic mass is 9.98. The third kappa shape index (κ3) is 7.05. The van der Waals surface area contributed by atoms with E-state index in [1.807, 2.05) is 18.3 Å². The number of nitrogens with two attached hydrogens (primary N) is 1. The van der Waals surface area contributed by atoms with E-state index in [-0.39, 0.29) is 0 Å². The SMILES string of the molecule is CCc1cc(NC(=O)C(=O)N2CCCC(C)C2)cnc1N.CN1CCC(c2nc3ccccc3s2)CC1. The first kappa shape index (κ1) is 27.0. The average molecular weight is 523 g/mol. The van der Waals surface area contributed by atoms with Crippen molar-refractivity contribution in [1.82, 2.24) is 19.8 Å². The zero-order chi connectivity index (χ0) is 26.4. The van der Waals surface area contributed by atoms with Crippen molar-refractivity contribution in [2.75, 3.05) is 44.3 Å². The topological polar surface area (TPSA) is 104 Å². The van der Waals surface area contributed by atoms with Crippen molar-refractivity contribution in [1.29, 1.82) is 0 Å². The molecule has 2 aliphatic rings. The molecule has 0 spiro atoms. The third-order valence-electron chi connectivity index (χ3n) is 7.16. The summed E-state index contributed by atoms with van der Waals surface area (Å²) in [6, 6.07) is 10.2. The highest BCUT2D eigenvalue weighted by Gasteiger charge is 2.26. The normalized spacial score (nSPS) is 18.8. The fraction of sp³-hybridized carbons (Fsp3) is 0.500. The van der Waals surface area contributed by atoms with E-state index >= 15 is 0 Å². The van der Waals surface area contributed by atoms with E-state index in [1.54, 1.807) is 11.0 Å². The number of nitrogens with one attached hydrogen (secondary N) is 1. The maximum Gasteiger partial charge on any atom is 0.313 e. The Morgan fingerprint density at radius 2 is 1.92 bits per heavy atom. The number of nitrogen functional groups attached to an aromatic ring is 1. The van der Waals surface area contributed by atoms with Gasteiger partial charge in [-0.1, -0.05) is 26.0 Å². The maximum absolute atomic E-state index is 12.1. The summed E-state index contributed by atoms with van der Waals surface area (Å²) < 4.78 is 1.33. The summed E-state index contributed by atoms with van der Waals surface area (Å²) in [6.45, 7) is 7.76. The zero-order valence-corrected chi connectivity index (χ0v) is 22.9. The summed E-state index contributed by atoms with van der Waals surface area (Å²) in [5.41, 5.74) is 8.25. The molecule has 0 aliphatic carbocycles. The molecule has 2 fully saturated rings. The quantitative estimate of drug-likeness (QED) is 0.490. The number of hydrogen-bond donors (Lipinski definition) is 2. The standard InChI is InChI=1S/C15H22N4O2.C13H16N2S/c1-3-11-7-12(8-17-13(11)16)18-14(20)15(21)19-6-4-5-10(2)9-19;1-15-8-6-10(7-9-15)13-14-11-4-2-3-5-12(11)16-13/h7-8,10H,3-6,9H2,1-2H3,(H2,16,17)(H,18,20);2-5,10H,6-9H2,1H3. The number of carbonyl (C=O) groups is 2. The molecule has 8 nitrogen and oxygen atoms in total. The third-order valence-corrected chi connectivity index (χ3v) is 8.36. The predicted molar refractivity (Wildman–Crippen MR) is 151 cm³/mol. The van der Waals surface area contributed by atoms with Gasteiger partial charge in [0, 0.05) is 19.0 Å². The average Bonchev–Trinajstić information content (AvgIpc) is 3.34. The largest absolute Gasteiger partial charge is 0.383 e. The molecule has 2 saturated heterocycles. The molecule has 3 aromatic rings. The van der Waals surface area contributed by atoms with E-state index in [4.69, 9.17) is 10.7 Å². The summed E-state index contributed by atoms with van der Waals surface area (Å²) in [6.07, 6.45) is 6.77. The van der Waals surface area contributed by atoms with Crippen LogP contribution in [0.4, 0.5) is 11.5 Å². The van der Waals surface area contributed by atoms with Crippen molar-refractivity contribution < 1.29 is 9.59 Å². The van der Waals surface area contributed by atoms with E-state index in [1.165, 1.54) is 47.4 Å². The molecule has 1 aromatic carbocycles. The first-order valence-electron chi connectivity index (χ1n) is 13.2. The molecule has 0 bridgehead atoms. The molecule has 198 valence electrons. The fourth-order valence-electron chi connectivity index (χ4n) is 4.89. The minimum Gasteiger partial charge on any atom is -0.383 e. The van der Waals surface area contributed by atoms with Crippen LogP contribution in [0.3, 0.4) is 0 Å². The molecule has 1 unspecified atom stereocenters. The van der Waals surface area contributed by atoms with Crippen molar-refractivity contribution in [2.45, 2.75) is 51.9 Å². The maximum atomic E-state index is 12.1. The molecule has 2 aliphatic heterocycles. The van der Waals surface area contributed by atoms with Crippen molar-refractivity contribution >= 4 is 44.9 Å². The minimum atomic E-state index is -0.613. The Hall–Kier alpha value is -3.04. The fourth-order valence-corrected chi connectivity index (χ4v) is 6.03. The number of para-hydroxylation sites is 1. The van der Waals surface area contributed by atoms with Crippen LogP contribution in [-0.2, 0) is 16.0 Å². The molecule has 37 heavy (non-hydrogen) atoms. The van der Waals surface area contributed by atoms with Crippen molar-refractivity contribution in [3.05, 3.63) is 47.1 Å². The van der Waals surface area contributed by atoms with E-state index < -0.39 is 11.8 Å². The highest BCUT2D eigenvalue weighted by Crippen LogP contribution is 2.33. The van der Waals surface area contributed by atoms with Gasteiger partial charge in [-0.15, -0.1) is 11.3 Å². The molecule has 5 rings (SSSR count). The second-order valence-electron chi connectivity index (χ2n) is 10.2. The second kappa shape index (κ2) is 12.5. The number of aromatic nitrogens is 2. The van der Waals surface area contributed by atoms with Crippen LogP contribution in [0.25, 0.3) is 10.2 Å². The summed E-state index contributed by atoms with van der Waals surface area (Å²) in [5.74, 6) is 0.495. The van der Waals surface area contributed by atoms with Gasteiger partial charge >= 0.3 is 11.8 Å². The lowest BCUT2D eigenvalue weighted by Gasteiger charge is -2.30. The van der Waals surface area contributed by atoms with Crippen LogP contribution in [0.15, 0.2) is 36.5 Å². The monoisotopic (exact) mass is 522 g/mol. The molecule has 4 heterocycles. The predicted octanol–water partition coefficient (Wildman–Crippen LogP) is 4.53. The number of pyridine rings is 1. The molecule has 0 saturated carbocycles. The van der Waals surface area contributed by atoms with Gasteiger partial charge in [0.05, 0.1) is 27.1 Å².